The van der Waals surface area contributed by atoms with Crippen molar-refractivity contribution < 1.29 is 4.79 Å². The number of carbonyl (C=O) groups is 1. The van der Waals surface area contributed by atoms with Crippen molar-refractivity contribution in [1.29, 1.82) is 0 Å². The molecule has 1 N–H and O–H groups in total. The number of nitrogens with zero attached hydrogens (tertiary/aromatic N) is 4. The van der Waals surface area contributed by atoms with Crippen molar-refractivity contribution in [2.75, 3.05) is 39.3 Å². The topological polar surface area (TPSA) is 53.4 Å². The first-order chi connectivity index (χ1) is 10.1. The third kappa shape index (κ3) is 2.70. The lowest BCUT2D eigenvalue weighted by Gasteiger charge is -2.32. The van der Waals surface area contributed by atoms with Crippen LogP contribution in [-0.2, 0) is 7.05 Å². The minimum atomic E-state index is 0.149. The highest BCUT2D eigenvalue weighted by Gasteiger charge is 2.33. The summed E-state index contributed by atoms with van der Waals surface area (Å²) < 4.78 is 1.80. The van der Waals surface area contributed by atoms with Gasteiger partial charge in [0.25, 0.3) is 5.91 Å². The summed E-state index contributed by atoms with van der Waals surface area (Å²) in [4.78, 5) is 17.3. The second-order valence-electron chi connectivity index (χ2n) is 6.15. The first kappa shape index (κ1) is 14.5. The Labute approximate surface area is 126 Å². The summed E-state index contributed by atoms with van der Waals surface area (Å²) in [7, 11) is 1.90. The lowest BCUT2D eigenvalue weighted by atomic mass is 10.1. The number of aryl methyl sites for hydroxylation is 2. The van der Waals surface area contributed by atoms with Gasteiger partial charge in [0.05, 0.1) is 11.3 Å². The van der Waals surface area contributed by atoms with Gasteiger partial charge in [-0.3, -0.25) is 14.4 Å². The van der Waals surface area contributed by atoms with E-state index in [1.165, 1.54) is 0 Å². The molecular formula is C15H25N5O. The molecule has 2 fully saturated rings. The smallest absolute Gasteiger partial charge is 0.257 e. The Morgan fingerprint density at radius 1 is 1.24 bits per heavy atom. The van der Waals surface area contributed by atoms with Gasteiger partial charge in [-0.1, -0.05) is 0 Å². The Hall–Kier alpha value is -1.40. The molecule has 1 amide bonds. The highest BCUT2D eigenvalue weighted by atomic mass is 16.2. The molecule has 6 heteroatoms. The van der Waals surface area contributed by atoms with Crippen LogP contribution in [0.5, 0.6) is 0 Å². The zero-order chi connectivity index (χ0) is 15.0. The van der Waals surface area contributed by atoms with Crippen molar-refractivity contribution in [3.05, 3.63) is 17.0 Å². The van der Waals surface area contributed by atoms with Gasteiger partial charge in [0.1, 0.15) is 0 Å². The second-order valence-corrected chi connectivity index (χ2v) is 6.15. The largest absolute Gasteiger partial charge is 0.337 e. The zero-order valence-corrected chi connectivity index (χ0v) is 13.2. The fourth-order valence-electron chi connectivity index (χ4n) is 3.51. The molecule has 0 aromatic carbocycles. The molecule has 116 valence electrons. The quantitative estimate of drug-likeness (QED) is 0.843. The summed E-state index contributed by atoms with van der Waals surface area (Å²) in [6.07, 6.45) is 1.09. The molecule has 0 radical (unpaired) electrons. The van der Waals surface area contributed by atoms with E-state index in [2.05, 4.69) is 15.3 Å². The molecule has 21 heavy (non-hydrogen) atoms. The Bertz CT molecular complexity index is 532. The van der Waals surface area contributed by atoms with Crippen molar-refractivity contribution in [1.82, 2.24) is 24.9 Å². The Morgan fingerprint density at radius 2 is 1.95 bits per heavy atom. The molecule has 0 saturated carbocycles. The number of nitrogens with one attached hydrogen (secondary N) is 1. The van der Waals surface area contributed by atoms with Gasteiger partial charge >= 0.3 is 0 Å². The standard InChI is InChI=1S/C15H25N5O/c1-11-14(12(2)18(3)17-11)15(21)20-7-4-13(10-20)19-8-5-16-6-9-19/h13,16H,4-10H2,1-3H3. The number of likely N-dealkylation sites (tertiary alicyclic amines) is 1. The first-order valence-corrected chi connectivity index (χ1v) is 7.82. The summed E-state index contributed by atoms with van der Waals surface area (Å²) in [5.41, 5.74) is 2.59. The average molecular weight is 291 g/mol. The molecule has 1 aromatic heterocycles. The molecular weight excluding hydrogens is 266 g/mol. The van der Waals surface area contributed by atoms with E-state index < -0.39 is 0 Å². The summed E-state index contributed by atoms with van der Waals surface area (Å²) in [6.45, 7) is 9.92. The van der Waals surface area contributed by atoms with E-state index in [-0.39, 0.29) is 5.91 Å². The average Bonchev–Trinajstić information content (AvgIpc) is 3.06. The van der Waals surface area contributed by atoms with Crippen LogP contribution in [0.25, 0.3) is 0 Å². The summed E-state index contributed by atoms with van der Waals surface area (Å²) in [5.74, 6) is 0.149. The molecule has 1 atom stereocenters. The fraction of sp³-hybridized carbons (Fsp3) is 0.733. The molecule has 0 aliphatic carbocycles. The van der Waals surface area contributed by atoms with Crippen LogP contribution in [0.2, 0.25) is 0 Å². The van der Waals surface area contributed by atoms with E-state index in [1.807, 2.05) is 25.8 Å². The highest BCUT2D eigenvalue weighted by Crippen LogP contribution is 2.21. The van der Waals surface area contributed by atoms with Crippen molar-refractivity contribution in [2.24, 2.45) is 7.05 Å². The second kappa shape index (κ2) is 5.77. The van der Waals surface area contributed by atoms with Crippen LogP contribution in [0.1, 0.15) is 28.2 Å². The maximum Gasteiger partial charge on any atom is 0.257 e. The summed E-state index contributed by atoms with van der Waals surface area (Å²) in [5, 5.41) is 7.74. The molecule has 2 aliphatic heterocycles. The van der Waals surface area contributed by atoms with Gasteiger partial charge in [0.2, 0.25) is 0 Å². The summed E-state index contributed by atoms with van der Waals surface area (Å²) in [6, 6.07) is 0.522. The van der Waals surface area contributed by atoms with Crippen LogP contribution in [0, 0.1) is 13.8 Å². The minimum Gasteiger partial charge on any atom is -0.337 e. The van der Waals surface area contributed by atoms with E-state index in [0.29, 0.717) is 6.04 Å². The van der Waals surface area contributed by atoms with E-state index in [0.717, 1.165) is 62.6 Å². The Kier molecular flexibility index (Phi) is 3.99. The number of hydrogen-bond donors (Lipinski definition) is 1. The lowest BCUT2D eigenvalue weighted by molar-refractivity contribution is 0.0772. The lowest BCUT2D eigenvalue weighted by Crippen LogP contribution is -2.49. The van der Waals surface area contributed by atoms with Crippen LogP contribution in [0.3, 0.4) is 0 Å². The van der Waals surface area contributed by atoms with E-state index in [9.17, 15) is 4.79 Å². The van der Waals surface area contributed by atoms with E-state index in [1.54, 1.807) is 4.68 Å². The van der Waals surface area contributed by atoms with Crippen molar-refractivity contribution in [2.45, 2.75) is 26.3 Å². The SMILES string of the molecule is Cc1nn(C)c(C)c1C(=O)N1CCC(N2CCNCC2)C1. The van der Waals surface area contributed by atoms with E-state index in [4.69, 9.17) is 0 Å². The number of hydrogen-bond acceptors (Lipinski definition) is 4. The molecule has 2 aliphatic rings. The number of piperazine rings is 1. The maximum absolute atomic E-state index is 12.8. The van der Waals surface area contributed by atoms with Gasteiger partial charge in [0.15, 0.2) is 0 Å². The molecule has 0 spiro atoms. The zero-order valence-electron chi connectivity index (χ0n) is 13.2. The third-order valence-electron chi connectivity index (χ3n) is 4.84. The van der Waals surface area contributed by atoms with Gasteiger partial charge < -0.3 is 10.2 Å². The van der Waals surface area contributed by atoms with Crippen LogP contribution in [0.4, 0.5) is 0 Å². The van der Waals surface area contributed by atoms with Gasteiger partial charge in [-0.2, -0.15) is 5.10 Å². The number of carbonyl (C=O) groups excluding carboxylic acids is 1. The van der Waals surface area contributed by atoms with Gasteiger partial charge in [-0.15, -0.1) is 0 Å². The number of aromatic nitrogens is 2. The van der Waals surface area contributed by atoms with Gasteiger partial charge in [-0.25, -0.2) is 0 Å². The van der Waals surface area contributed by atoms with E-state index >= 15 is 0 Å². The number of amides is 1. The highest BCUT2D eigenvalue weighted by molar-refractivity contribution is 5.96. The van der Waals surface area contributed by atoms with Gasteiger partial charge in [-0.05, 0) is 20.3 Å². The maximum atomic E-state index is 12.8. The summed E-state index contributed by atoms with van der Waals surface area (Å²) >= 11 is 0. The molecule has 3 rings (SSSR count). The Morgan fingerprint density at radius 3 is 2.57 bits per heavy atom. The van der Waals surface area contributed by atoms with Crippen molar-refractivity contribution in [3.63, 3.8) is 0 Å². The Balaban J connectivity index is 1.69. The molecule has 6 nitrogen and oxygen atoms in total. The minimum absolute atomic E-state index is 0.149. The molecule has 3 heterocycles. The normalized spacial score (nSPS) is 23.8. The number of rotatable bonds is 2. The molecule has 1 unspecified atom stereocenters. The molecule has 2 saturated heterocycles. The predicted octanol–water partition coefficient (Wildman–Crippen LogP) is 0.157. The van der Waals surface area contributed by atoms with Crippen LogP contribution in [-0.4, -0.2) is 70.8 Å². The first-order valence-electron chi connectivity index (χ1n) is 7.82. The van der Waals surface area contributed by atoms with Crippen molar-refractivity contribution in [3.8, 4) is 0 Å². The molecule has 1 aromatic rings. The van der Waals surface area contributed by atoms with Gasteiger partial charge in [0, 0.05) is 58.1 Å². The van der Waals surface area contributed by atoms with Crippen LogP contribution >= 0.6 is 0 Å². The van der Waals surface area contributed by atoms with Crippen LogP contribution in [0.15, 0.2) is 0 Å². The third-order valence-corrected chi connectivity index (χ3v) is 4.84. The predicted molar refractivity (Wildman–Crippen MR) is 81.4 cm³/mol. The monoisotopic (exact) mass is 291 g/mol. The van der Waals surface area contributed by atoms with Crippen LogP contribution < -0.4 is 5.32 Å². The molecule has 0 bridgehead atoms. The fourth-order valence-corrected chi connectivity index (χ4v) is 3.51. The van der Waals surface area contributed by atoms with Crippen molar-refractivity contribution >= 4 is 5.91 Å².